The highest BCUT2D eigenvalue weighted by Gasteiger charge is 2.39. The van der Waals surface area contributed by atoms with E-state index in [0.29, 0.717) is 11.5 Å². The molecule has 2 heterocycles. The van der Waals surface area contributed by atoms with Crippen LogP contribution in [0.4, 0.5) is 5.82 Å². The number of aromatic nitrogens is 2. The Morgan fingerprint density at radius 1 is 1.24 bits per heavy atom. The Labute approximate surface area is 130 Å². The Morgan fingerprint density at radius 3 is 2.67 bits per heavy atom. The molecule has 0 radical (unpaired) electrons. The molecule has 112 valence electrons. The number of nitrogens with one attached hydrogen (secondary N) is 1. The highest BCUT2D eigenvalue weighted by molar-refractivity contribution is 7.99. The van der Waals surface area contributed by atoms with E-state index in [1.807, 2.05) is 11.8 Å². The van der Waals surface area contributed by atoms with E-state index >= 15 is 0 Å². The average Bonchev–Trinajstić information content (AvgIpc) is 3.04. The molecule has 0 atom stereocenters. The van der Waals surface area contributed by atoms with Gasteiger partial charge in [0, 0.05) is 49.1 Å². The van der Waals surface area contributed by atoms with Gasteiger partial charge in [0.15, 0.2) is 11.5 Å². The zero-order chi connectivity index (χ0) is 14.5. The van der Waals surface area contributed by atoms with E-state index in [1.54, 1.807) is 12.4 Å². The molecule has 3 rings (SSSR count). The van der Waals surface area contributed by atoms with Crippen molar-refractivity contribution in [3.05, 3.63) is 18.1 Å². The van der Waals surface area contributed by atoms with Crippen LogP contribution in [0.1, 0.15) is 31.4 Å². The van der Waals surface area contributed by atoms with Crippen molar-refractivity contribution in [3.8, 4) is 6.07 Å². The standard InChI is InChI=1S/C15H21N5S/c16-11-13-14(18-6-5-17-13)19-12-15(3-1-2-4-15)20-7-9-21-10-8-20/h5-6H,1-4,7-10,12H2,(H,18,19). The van der Waals surface area contributed by atoms with E-state index < -0.39 is 0 Å². The minimum atomic E-state index is 0.241. The fourth-order valence-corrected chi connectivity index (χ4v) is 4.38. The van der Waals surface area contributed by atoms with E-state index in [9.17, 15) is 0 Å². The van der Waals surface area contributed by atoms with Crippen molar-refractivity contribution in [2.75, 3.05) is 36.5 Å². The quantitative estimate of drug-likeness (QED) is 0.919. The summed E-state index contributed by atoms with van der Waals surface area (Å²) in [5.41, 5.74) is 0.630. The van der Waals surface area contributed by atoms with Gasteiger partial charge < -0.3 is 5.32 Å². The fraction of sp³-hybridized carbons (Fsp3) is 0.667. The van der Waals surface area contributed by atoms with Crippen molar-refractivity contribution in [2.24, 2.45) is 0 Å². The van der Waals surface area contributed by atoms with E-state index in [0.717, 1.165) is 6.54 Å². The van der Waals surface area contributed by atoms with Crippen molar-refractivity contribution in [2.45, 2.75) is 31.2 Å². The third kappa shape index (κ3) is 3.14. The predicted octanol–water partition coefficient (Wildman–Crippen LogP) is 2.12. The van der Waals surface area contributed by atoms with Crippen LogP contribution in [0.5, 0.6) is 0 Å². The lowest BCUT2D eigenvalue weighted by molar-refractivity contribution is 0.116. The minimum absolute atomic E-state index is 0.241. The van der Waals surface area contributed by atoms with Gasteiger partial charge in [0.25, 0.3) is 0 Å². The summed E-state index contributed by atoms with van der Waals surface area (Å²) < 4.78 is 0. The van der Waals surface area contributed by atoms with Crippen molar-refractivity contribution in [1.29, 1.82) is 5.26 Å². The van der Waals surface area contributed by atoms with Crippen LogP contribution in [0, 0.1) is 11.3 Å². The number of rotatable bonds is 4. The summed E-state index contributed by atoms with van der Waals surface area (Å²) in [6.45, 7) is 3.22. The van der Waals surface area contributed by atoms with Crippen LogP contribution in [0.25, 0.3) is 0 Å². The van der Waals surface area contributed by atoms with Crippen LogP contribution in [0.2, 0.25) is 0 Å². The van der Waals surface area contributed by atoms with E-state index in [-0.39, 0.29) is 5.54 Å². The summed E-state index contributed by atoms with van der Waals surface area (Å²) in [4.78, 5) is 11.0. The summed E-state index contributed by atoms with van der Waals surface area (Å²) in [6, 6.07) is 2.11. The van der Waals surface area contributed by atoms with Crippen LogP contribution in [-0.2, 0) is 0 Å². The number of nitrogens with zero attached hydrogens (tertiary/aromatic N) is 4. The number of anilines is 1. The molecule has 2 fully saturated rings. The molecule has 0 spiro atoms. The second kappa shape index (κ2) is 6.63. The van der Waals surface area contributed by atoms with Gasteiger partial charge in [0.2, 0.25) is 0 Å². The SMILES string of the molecule is N#Cc1nccnc1NCC1(N2CCSCC2)CCCC1. The van der Waals surface area contributed by atoms with Crippen LogP contribution >= 0.6 is 11.8 Å². The largest absolute Gasteiger partial charge is 0.366 e. The third-order valence-electron chi connectivity index (χ3n) is 4.61. The molecule has 6 heteroatoms. The number of hydrogen-bond donors (Lipinski definition) is 1. The number of thioether (sulfide) groups is 1. The fourth-order valence-electron chi connectivity index (χ4n) is 3.47. The van der Waals surface area contributed by atoms with E-state index in [2.05, 4.69) is 26.3 Å². The Morgan fingerprint density at radius 2 is 1.95 bits per heavy atom. The molecule has 1 N–H and O–H groups in total. The smallest absolute Gasteiger partial charge is 0.182 e. The zero-order valence-corrected chi connectivity index (χ0v) is 13.0. The molecule has 1 saturated carbocycles. The van der Waals surface area contributed by atoms with Crippen LogP contribution in [0.15, 0.2) is 12.4 Å². The van der Waals surface area contributed by atoms with Crippen molar-refractivity contribution in [3.63, 3.8) is 0 Å². The Balaban J connectivity index is 1.72. The highest BCUT2D eigenvalue weighted by atomic mass is 32.2. The molecule has 2 aliphatic rings. The second-order valence-corrected chi connectivity index (χ2v) is 6.97. The average molecular weight is 303 g/mol. The lowest BCUT2D eigenvalue weighted by Gasteiger charge is -2.43. The van der Waals surface area contributed by atoms with Crippen LogP contribution in [0.3, 0.4) is 0 Å². The van der Waals surface area contributed by atoms with E-state index in [1.165, 1.54) is 50.3 Å². The second-order valence-electron chi connectivity index (χ2n) is 5.75. The first-order valence-electron chi connectivity index (χ1n) is 7.62. The Kier molecular flexibility index (Phi) is 4.61. The highest BCUT2D eigenvalue weighted by Crippen LogP contribution is 2.36. The maximum atomic E-state index is 9.12. The summed E-state index contributed by atoms with van der Waals surface area (Å²) >= 11 is 2.05. The first-order valence-corrected chi connectivity index (χ1v) is 8.77. The topological polar surface area (TPSA) is 64.8 Å². The van der Waals surface area contributed by atoms with Gasteiger partial charge in [-0.2, -0.15) is 17.0 Å². The van der Waals surface area contributed by atoms with Gasteiger partial charge in [0.1, 0.15) is 6.07 Å². The number of hydrogen-bond acceptors (Lipinski definition) is 6. The number of nitriles is 1. The predicted molar refractivity (Wildman–Crippen MR) is 85.3 cm³/mol. The molecule has 1 saturated heterocycles. The third-order valence-corrected chi connectivity index (χ3v) is 5.55. The molecule has 5 nitrogen and oxygen atoms in total. The molecule has 21 heavy (non-hydrogen) atoms. The summed E-state index contributed by atoms with van der Waals surface area (Å²) in [5, 5.41) is 12.5. The molecular formula is C15H21N5S. The Hall–Kier alpha value is -1.32. The van der Waals surface area contributed by atoms with Gasteiger partial charge in [0.05, 0.1) is 0 Å². The van der Waals surface area contributed by atoms with Gasteiger partial charge in [-0.25, -0.2) is 9.97 Å². The molecule has 1 aliphatic carbocycles. The van der Waals surface area contributed by atoms with Gasteiger partial charge >= 0.3 is 0 Å². The maximum absolute atomic E-state index is 9.12. The van der Waals surface area contributed by atoms with Crippen LogP contribution in [-0.4, -0.2) is 51.5 Å². The summed E-state index contributed by atoms with van der Waals surface area (Å²) in [6.07, 6.45) is 8.30. The summed E-state index contributed by atoms with van der Waals surface area (Å²) in [7, 11) is 0. The molecular weight excluding hydrogens is 282 g/mol. The molecule has 1 aliphatic heterocycles. The van der Waals surface area contributed by atoms with Gasteiger partial charge in [-0.15, -0.1) is 0 Å². The van der Waals surface area contributed by atoms with Gasteiger partial charge in [-0.1, -0.05) is 12.8 Å². The molecule has 1 aromatic heterocycles. The van der Waals surface area contributed by atoms with Crippen molar-refractivity contribution < 1.29 is 0 Å². The summed E-state index contributed by atoms with van der Waals surface area (Å²) in [5.74, 6) is 3.09. The van der Waals surface area contributed by atoms with E-state index in [4.69, 9.17) is 5.26 Å². The van der Waals surface area contributed by atoms with Crippen molar-refractivity contribution >= 4 is 17.6 Å². The van der Waals surface area contributed by atoms with Crippen LogP contribution < -0.4 is 5.32 Å². The molecule has 0 aromatic carbocycles. The first-order chi connectivity index (χ1) is 10.3. The molecule has 0 unspecified atom stereocenters. The van der Waals surface area contributed by atoms with Crippen molar-refractivity contribution in [1.82, 2.24) is 14.9 Å². The maximum Gasteiger partial charge on any atom is 0.182 e. The lowest BCUT2D eigenvalue weighted by atomic mass is 9.94. The monoisotopic (exact) mass is 303 g/mol. The molecule has 0 amide bonds. The lowest BCUT2D eigenvalue weighted by Crippen LogP contribution is -2.54. The Bertz CT molecular complexity index is 515. The molecule has 1 aromatic rings. The van der Waals surface area contributed by atoms with Gasteiger partial charge in [-0.05, 0) is 12.8 Å². The first kappa shape index (κ1) is 14.6. The normalized spacial score (nSPS) is 21.9. The van der Waals surface area contributed by atoms with Gasteiger partial charge in [-0.3, -0.25) is 4.90 Å². The minimum Gasteiger partial charge on any atom is -0.366 e. The molecule has 0 bridgehead atoms. The zero-order valence-electron chi connectivity index (χ0n) is 12.2.